The Hall–Kier alpha value is -2.33. The fourth-order valence-electron chi connectivity index (χ4n) is 2.72. The van der Waals surface area contributed by atoms with E-state index in [0.717, 1.165) is 18.2 Å². The Balaban J connectivity index is 1.98. The summed E-state index contributed by atoms with van der Waals surface area (Å²) in [7, 11) is 6.26. The maximum absolute atomic E-state index is 5.96. The number of hydrogen-bond donors (Lipinski definition) is 0. The van der Waals surface area contributed by atoms with Crippen LogP contribution in [0.4, 0.5) is 0 Å². The Morgan fingerprint density at radius 1 is 1.00 bits per heavy atom. The highest BCUT2D eigenvalue weighted by atomic mass is 16.5. The van der Waals surface area contributed by atoms with Crippen LogP contribution in [-0.4, -0.2) is 23.6 Å². The van der Waals surface area contributed by atoms with Crippen LogP contribution in [0.5, 0.6) is 5.75 Å². The molecule has 0 aliphatic carbocycles. The van der Waals surface area contributed by atoms with Gasteiger partial charge in [0.05, 0.1) is 7.05 Å². The van der Waals surface area contributed by atoms with Crippen molar-refractivity contribution in [1.82, 2.24) is 9.47 Å². The molecular weight excluding hydrogens is 274 g/mol. The first-order chi connectivity index (χ1) is 10.7. The van der Waals surface area contributed by atoms with Gasteiger partial charge >= 0.3 is 0 Å². The molecule has 0 N–H and O–H groups in total. The molecule has 1 heterocycles. The van der Waals surface area contributed by atoms with E-state index in [1.807, 2.05) is 30.3 Å². The van der Waals surface area contributed by atoms with Crippen molar-refractivity contribution in [2.45, 2.75) is 13.3 Å². The van der Waals surface area contributed by atoms with E-state index in [9.17, 15) is 0 Å². The van der Waals surface area contributed by atoms with Crippen molar-refractivity contribution in [3.63, 3.8) is 0 Å². The molecule has 0 aliphatic rings. The van der Waals surface area contributed by atoms with Gasteiger partial charge in [0, 0.05) is 0 Å². The lowest BCUT2D eigenvalue weighted by atomic mass is 10.3. The second-order valence-corrected chi connectivity index (χ2v) is 5.71. The zero-order chi connectivity index (χ0) is 15.5. The number of nitrogens with zero attached hydrogens (tertiary/aromatic N) is 3. The average molecular weight is 296 g/mol. The molecule has 0 radical (unpaired) electrons. The van der Waals surface area contributed by atoms with Gasteiger partial charge in [-0.05, 0) is 38.4 Å². The van der Waals surface area contributed by atoms with Crippen LogP contribution >= 0.6 is 0 Å². The number of rotatable bonds is 5. The number of aryl methyl sites for hydroxylation is 1. The number of aromatic nitrogens is 2. The van der Waals surface area contributed by atoms with E-state index >= 15 is 0 Å². The molecule has 0 saturated carbocycles. The molecule has 0 saturated heterocycles. The first-order valence-corrected chi connectivity index (χ1v) is 7.45. The van der Waals surface area contributed by atoms with E-state index in [1.165, 1.54) is 11.0 Å². The lowest BCUT2D eigenvalue weighted by Gasteiger charge is -2.10. The highest BCUT2D eigenvalue weighted by Crippen LogP contribution is 2.16. The third-order valence-corrected chi connectivity index (χ3v) is 3.77. The summed E-state index contributed by atoms with van der Waals surface area (Å²) in [6, 6.07) is 18.4. The zero-order valence-corrected chi connectivity index (χ0v) is 13.4. The van der Waals surface area contributed by atoms with Gasteiger partial charge in [0.25, 0.3) is 5.82 Å². The Kier molecular flexibility index (Phi) is 4.11. The molecular formula is C18H22N3O+. The number of para-hydroxylation sites is 3. The normalized spacial score (nSPS) is 11.3. The van der Waals surface area contributed by atoms with Gasteiger partial charge in [-0.1, -0.05) is 30.3 Å². The standard InChI is InChI=1S/C18H22N3O/c1-19(2)14-21-17-12-8-7-11-16(17)20(3)18(21)13-22-15-9-5-4-6-10-15/h4-12H,13-14H2,1-3H3/q+1. The van der Waals surface area contributed by atoms with Gasteiger partial charge < -0.3 is 4.74 Å². The van der Waals surface area contributed by atoms with Crippen LogP contribution < -0.4 is 9.30 Å². The molecule has 1 aromatic heterocycles. The summed E-state index contributed by atoms with van der Waals surface area (Å²) in [4.78, 5) is 2.17. The second-order valence-electron chi connectivity index (χ2n) is 5.71. The third-order valence-electron chi connectivity index (χ3n) is 3.77. The van der Waals surface area contributed by atoms with E-state index < -0.39 is 0 Å². The summed E-state index contributed by atoms with van der Waals surface area (Å²) in [5, 5.41) is 0. The van der Waals surface area contributed by atoms with E-state index in [-0.39, 0.29) is 0 Å². The molecule has 0 aliphatic heterocycles. The van der Waals surface area contributed by atoms with Crippen LogP contribution in [0.25, 0.3) is 11.0 Å². The van der Waals surface area contributed by atoms with Gasteiger partial charge in [0.2, 0.25) is 0 Å². The molecule has 0 amide bonds. The van der Waals surface area contributed by atoms with Gasteiger partial charge in [-0.25, -0.2) is 9.13 Å². The molecule has 3 aromatic rings. The van der Waals surface area contributed by atoms with Crippen LogP contribution in [0.15, 0.2) is 54.6 Å². The molecule has 0 atom stereocenters. The largest absolute Gasteiger partial charge is 0.481 e. The topological polar surface area (TPSA) is 21.3 Å². The molecule has 0 bridgehead atoms. The predicted molar refractivity (Wildman–Crippen MR) is 87.6 cm³/mol. The van der Waals surface area contributed by atoms with Crippen LogP contribution in [0, 0.1) is 0 Å². The van der Waals surface area contributed by atoms with Crippen molar-refractivity contribution >= 4 is 11.0 Å². The van der Waals surface area contributed by atoms with Crippen LogP contribution in [-0.2, 0) is 20.3 Å². The van der Waals surface area contributed by atoms with Gasteiger partial charge in [0.1, 0.15) is 12.4 Å². The van der Waals surface area contributed by atoms with Gasteiger partial charge in [-0.2, -0.15) is 0 Å². The van der Waals surface area contributed by atoms with E-state index in [2.05, 4.69) is 59.4 Å². The summed E-state index contributed by atoms with van der Waals surface area (Å²) in [5.41, 5.74) is 2.45. The summed E-state index contributed by atoms with van der Waals surface area (Å²) in [6.45, 7) is 1.37. The summed E-state index contributed by atoms with van der Waals surface area (Å²) >= 11 is 0. The maximum Gasteiger partial charge on any atom is 0.296 e. The van der Waals surface area contributed by atoms with E-state index in [1.54, 1.807) is 0 Å². The summed E-state index contributed by atoms with van der Waals surface area (Å²) in [6.07, 6.45) is 0. The Labute approximate surface area is 131 Å². The van der Waals surface area contributed by atoms with E-state index in [4.69, 9.17) is 4.74 Å². The highest BCUT2D eigenvalue weighted by molar-refractivity contribution is 5.72. The monoisotopic (exact) mass is 296 g/mol. The predicted octanol–water partition coefficient (Wildman–Crippen LogP) is 2.56. The Bertz CT molecular complexity index is 763. The van der Waals surface area contributed by atoms with Crippen molar-refractivity contribution in [3.8, 4) is 5.75 Å². The second kappa shape index (κ2) is 6.20. The highest BCUT2D eigenvalue weighted by Gasteiger charge is 2.23. The quantitative estimate of drug-likeness (QED) is 0.675. The zero-order valence-electron chi connectivity index (χ0n) is 13.4. The van der Waals surface area contributed by atoms with Crippen molar-refractivity contribution in [2.24, 2.45) is 7.05 Å². The van der Waals surface area contributed by atoms with Crippen LogP contribution in [0.3, 0.4) is 0 Å². The number of hydrogen-bond acceptors (Lipinski definition) is 2. The van der Waals surface area contributed by atoms with Crippen molar-refractivity contribution in [1.29, 1.82) is 0 Å². The maximum atomic E-state index is 5.96. The Morgan fingerprint density at radius 3 is 2.41 bits per heavy atom. The molecule has 4 nitrogen and oxygen atoms in total. The summed E-state index contributed by atoms with van der Waals surface area (Å²) < 4.78 is 10.5. The third kappa shape index (κ3) is 2.83. The van der Waals surface area contributed by atoms with Crippen LogP contribution in [0.1, 0.15) is 5.82 Å². The molecule has 2 aromatic carbocycles. The number of fused-ring (bicyclic) bond motifs is 1. The molecule has 22 heavy (non-hydrogen) atoms. The lowest BCUT2D eigenvalue weighted by molar-refractivity contribution is -0.655. The summed E-state index contributed by atoms with van der Waals surface area (Å²) in [5.74, 6) is 2.04. The molecule has 4 heteroatoms. The average Bonchev–Trinajstić information content (AvgIpc) is 2.79. The minimum absolute atomic E-state index is 0.545. The smallest absolute Gasteiger partial charge is 0.296 e. The molecule has 0 unspecified atom stereocenters. The minimum atomic E-state index is 0.545. The van der Waals surface area contributed by atoms with E-state index in [0.29, 0.717) is 6.61 Å². The Morgan fingerprint density at radius 2 is 1.68 bits per heavy atom. The molecule has 114 valence electrons. The fourth-order valence-corrected chi connectivity index (χ4v) is 2.72. The SMILES string of the molecule is CN(C)Cn1c(COc2ccccc2)[n+](C)c2ccccc21. The molecule has 0 fully saturated rings. The first-order valence-electron chi connectivity index (χ1n) is 7.45. The molecule has 0 spiro atoms. The van der Waals surface area contributed by atoms with Crippen molar-refractivity contribution < 1.29 is 9.30 Å². The fraction of sp³-hybridized carbons (Fsp3) is 0.278. The molecule has 3 rings (SSSR count). The van der Waals surface area contributed by atoms with Gasteiger partial charge in [-0.15, -0.1) is 0 Å². The first kappa shape index (κ1) is 14.6. The van der Waals surface area contributed by atoms with Crippen molar-refractivity contribution in [2.75, 3.05) is 14.1 Å². The lowest BCUT2D eigenvalue weighted by Crippen LogP contribution is -2.35. The minimum Gasteiger partial charge on any atom is -0.481 e. The van der Waals surface area contributed by atoms with Gasteiger partial charge in [0.15, 0.2) is 17.6 Å². The van der Waals surface area contributed by atoms with Crippen LogP contribution in [0.2, 0.25) is 0 Å². The number of imidazole rings is 1. The van der Waals surface area contributed by atoms with Crippen molar-refractivity contribution in [3.05, 3.63) is 60.4 Å². The number of ether oxygens (including phenoxy) is 1. The van der Waals surface area contributed by atoms with Gasteiger partial charge in [-0.3, -0.25) is 4.90 Å². The number of benzene rings is 2.